The number of hydrogen-bond acceptors (Lipinski definition) is 3. The van der Waals surface area contributed by atoms with Crippen LogP contribution in [0.1, 0.15) is 13.8 Å². The maximum absolute atomic E-state index is 11.0. The lowest BCUT2D eigenvalue weighted by Gasteiger charge is -2.28. The van der Waals surface area contributed by atoms with Gasteiger partial charge in [-0.05, 0) is 18.5 Å². The molecule has 1 rings (SSSR count). The standard InChI is InChI=1S/C9H10ClNO3/c1-6-4-3-5-7(8(10)12)9(6,2)11(13)14/h3-5,7H,1-2H3. The molecule has 0 N–H and O–H groups in total. The quantitative estimate of drug-likeness (QED) is 0.402. The van der Waals surface area contributed by atoms with Crippen LogP contribution in [0.4, 0.5) is 0 Å². The van der Waals surface area contributed by atoms with Crippen LogP contribution in [0.3, 0.4) is 0 Å². The molecule has 0 aromatic carbocycles. The minimum atomic E-state index is -1.41. The van der Waals surface area contributed by atoms with Crippen LogP contribution >= 0.6 is 11.6 Å². The van der Waals surface area contributed by atoms with E-state index in [2.05, 4.69) is 0 Å². The van der Waals surface area contributed by atoms with Crippen LogP contribution in [-0.4, -0.2) is 15.7 Å². The molecule has 0 heterocycles. The van der Waals surface area contributed by atoms with Gasteiger partial charge < -0.3 is 0 Å². The van der Waals surface area contributed by atoms with Gasteiger partial charge in [0.25, 0.3) is 5.54 Å². The number of allylic oxidation sites excluding steroid dienone is 2. The number of hydrogen-bond donors (Lipinski definition) is 0. The lowest BCUT2D eigenvalue weighted by molar-refractivity contribution is -0.558. The van der Waals surface area contributed by atoms with Gasteiger partial charge in [0, 0.05) is 17.4 Å². The third-order valence-corrected chi connectivity index (χ3v) is 2.91. The third-order valence-electron chi connectivity index (χ3n) is 2.68. The van der Waals surface area contributed by atoms with Gasteiger partial charge in [-0.25, -0.2) is 0 Å². The van der Waals surface area contributed by atoms with Crippen molar-refractivity contribution in [3.05, 3.63) is 33.9 Å². The van der Waals surface area contributed by atoms with E-state index in [9.17, 15) is 14.9 Å². The molecule has 2 atom stereocenters. The van der Waals surface area contributed by atoms with Crippen LogP contribution in [0.5, 0.6) is 0 Å². The summed E-state index contributed by atoms with van der Waals surface area (Å²) in [5.41, 5.74) is -0.878. The molecule has 0 fully saturated rings. The molecule has 1 aliphatic carbocycles. The van der Waals surface area contributed by atoms with Crippen LogP contribution in [-0.2, 0) is 4.79 Å². The van der Waals surface area contributed by atoms with Gasteiger partial charge in [0.15, 0.2) is 0 Å². The Morgan fingerprint density at radius 1 is 1.71 bits per heavy atom. The lowest BCUT2D eigenvalue weighted by Crippen LogP contribution is -2.46. The summed E-state index contributed by atoms with van der Waals surface area (Å²) in [4.78, 5) is 21.5. The average Bonchev–Trinajstić information content (AvgIpc) is 2.08. The number of rotatable bonds is 2. The Kier molecular flexibility index (Phi) is 2.76. The second kappa shape index (κ2) is 3.53. The molecule has 0 radical (unpaired) electrons. The minimum Gasteiger partial charge on any atom is -0.280 e. The zero-order valence-electron chi connectivity index (χ0n) is 7.86. The molecule has 76 valence electrons. The summed E-state index contributed by atoms with van der Waals surface area (Å²) < 4.78 is 0. The van der Waals surface area contributed by atoms with Gasteiger partial charge in [-0.3, -0.25) is 14.9 Å². The molecule has 1 aliphatic rings. The predicted molar refractivity (Wildman–Crippen MR) is 52.6 cm³/mol. The van der Waals surface area contributed by atoms with Crippen LogP contribution < -0.4 is 0 Å². The minimum absolute atomic E-state index is 0.465. The van der Waals surface area contributed by atoms with Gasteiger partial charge in [0.1, 0.15) is 5.92 Å². The molecule has 0 spiro atoms. The van der Waals surface area contributed by atoms with Crippen molar-refractivity contribution in [2.24, 2.45) is 5.92 Å². The van der Waals surface area contributed by atoms with E-state index >= 15 is 0 Å². The molecule has 14 heavy (non-hydrogen) atoms. The Morgan fingerprint density at radius 3 is 2.64 bits per heavy atom. The molecule has 0 bridgehead atoms. The van der Waals surface area contributed by atoms with Crippen molar-refractivity contribution in [3.63, 3.8) is 0 Å². The predicted octanol–water partition coefficient (Wildman–Crippen LogP) is 1.92. The van der Waals surface area contributed by atoms with Crippen molar-refractivity contribution >= 4 is 16.8 Å². The van der Waals surface area contributed by atoms with E-state index in [1.807, 2.05) is 0 Å². The summed E-state index contributed by atoms with van der Waals surface area (Å²) in [6.07, 6.45) is 4.70. The smallest absolute Gasteiger partial charge is 0.254 e. The van der Waals surface area contributed by atoms with Gasteiger partial charge in [-0.15, -0.1) is 0 Å². The molecule has 0 aromatic rings. The van der Waals surface area contributed by atoms with E-state index in [0.717, 1.165) is 0 Å². The van der Waals surface area contributed by atoms with Gasteiger partial charge in [-0.1, -0.05) is 18.2 Å². The van der Waals surface area contributed by atoms with Crippen molar-refractivity contribution < 1.29 is 9.72 Å². The first-order valence-corrected chi connectivity index (χ1v) is 4.48. The maximum Gasteiger partial charge on any atom is 0.254 e. The lowest BCUT2D eigenvalue weighted by atomic mass is 9.78. The Hall–Kier alpha value is -1.16. The molecular weight excluding hydrogens is 206 g/mol. The first-order chi connectivity index (χ1) is 6.40. The van der Waals surface area contributed by atoms with Crippen molar-refractivity contribution in [2.75, 3.05) is 0 Å². The monoisotopic (exact) mass is 215 g/mol. The number of halogens is 1. The van der Waals surface area contributed by atoms with E-state index in [4.69, 9.17) is 11.6 Å². The van der Waals surface area contributed by atoms with E-state index in [0.29, 0.717) is 5.57 Å². The second-order valence-corrected chi connectivity index (χ2v) is 3.79. The molecule has 0 saturated carbocycles. The fourth-order valence-electron chi connectivity index (χ4n) is 1.47. The highest BCUT2D eigenvalue weighted by Crippen LogP contribution is 2.34. The van der Waals surface area contributed by atoms with Gasteiger partial charge in [0.2, 0.25) is 5.24 Å². The Bertz CT molecular complexity index is 348. The summed E-state index contributed by atoms with van der Waals surface area (Å²) in [7, 11) is 0. The first-order valence-electron chi connectivity index (χ1n) is 4.10. The highest BCUT2D eigenvalue weighted by Gasteiger charge is 2.50. The molecule has 2 unspecified atom stereocenters. The Labute approximate surface area is 86.4 Å². The molecule has 0 aromatic heterocycles. The Balaban J connectivity index is 3.22. The van der Waals surface area contributed by atoms with E-state index in [1.165, 1.54) is 13.0 Å². The second-order valence-electron chi connectivity index (χ2n) is 3.42. The maximum atomic E-state index is 11.0. The topological polar surface area (TPSA) is 60.2 Å². The van der Waals surface area contributed by atoms with E-state index in [1.54, 1.807) is 19.1 Å². The zero-order valence-corrected chi connectivity index (χ0v) is 8.62. The van der Waals surface area contributed by atoms with Crippen molar-refractivity contribution in [2.45, 2.75) is 19.4 Å². The van der Waals surface area contributed by atoms with Crippen LogP contribution in [0.25, 0.3) is 0 Å². The molecule has 0 aliphatic heterocycles. The van der Waals surface area contributed by atoms with Crippen LogP contribution in [0, 0.1) is 16.0 Å². The summed E-state index contributed by atoms with van der Waals surface area (Å²) >= 11 is 5.33. The fraction of sp³-hybridized carbons (Fsp3) is 0.444. The number of carbonyl (C=O) groups excluding carboxylic acids is 1. The molecule has 0 saturated heterocycles. The van der Waals surface area contributed by atoms with Crippen molar-refractivity contribution in [1.29, 1.82) is 0 Å². The number of carbonyl (C=O) groups is 1. The van der Waals surface area contributed by atoms with Gasteiger partial charge >= 0.3 is 0 Å². The summed E-state index contributed by atoms with van der Waals surface area (Å²) in [5.74, 6) is -0.885. The van der Waals surface area contributed by atoms with Gasteiger partial charge in [-0.2, -0.15) is 0 Å². The average molecular weight is 216 g/mol. The normalized spacial score (nSPS) is 31.1. The largest absolute Gasteiger partial charge is 0.280 e. The molecule has 4 nitrogen and oxygen atoms in total. The summed E-state index contributed by atoms with van der Waals surface area (Å²) in [5, 5.41) is 10.2. The SMILES string of the molecule is CC1=CC=CC(C(=O)Cl)C1(C)[N+](=O)[O-]. The van der Waals surface area contributed by atoms with Crippen LogP contribution in [0.2, 0.25) is 0 Å². The highest BCUT2D eigenvalue weighted by atomic mass is 35.5. The summed E-state index contributed by atoms with van der Waals surface area (Å²) in [6.45, 7) is 3.03. The molecule has 5 heteroatoms. The Morgan fingerprint density at radius 2 is 2.29 bits per heavy atom. The molecule has 0 amide bonds. The molecular formula is C9H10ClNO3. The fourth-order valence-corrected chi connectivity index (χ4v) is 1.75. The third kappa shape index (κ3) is 1.46. The number of nitrogens with zero attached hydrogens (tertiary/aromatic N) is 1. The van der Waals surface area contributed by atoms with Crippen LogP contribution in [0.15, 0.2) is 23.8 Å². The van der Waals surface area contributed by atoms with E-state index in [-0.39, 0.29) is 0 Å². The van der Waals surface area contributed by atoms with Gasteiger partial charge in [0.05, 0.1) is 0 Å². The van der Waals surface area contributed by atoms with E-state index < -0.39 is 21.6 Å². The van der Waals surface area contributed by atoms with Crippen molar-refractivity contribution in [3.8, 4) is 0 Å². The zero-order chi connectivity index (χ0) is 10.9. The summed E-state index contributed by atoms with van der Waals surface area (Å²) in [6, 6.07) is 0. The first kappa shape index (κ1) is 10.9. The highest BCUT2D eigenvalue weighted by molar-refractivity contribution is 6.64. The van der Waals surface area contributed by atoms with Crippen molar-refractivity contribution in [1.82, 2.24) is 0 Å². The number of nitro groups is 1.